The number of benzene rings is 4. The fourth-order valence-corrected chi connectivity index (χ4v) is 6.33. The number of nitrogens with one attached hydrogen (secondary N) is 1. The smallest absolute Gasteiger partial charge is 0.124 e. The molecule has 148 valence electrons. The van der Waals surface area contributed by atoms with E-state index in [1.807, 2.05) is 6.07 Å². The van der Waals surface area contributed by atoms with Gasteiger partial charge in [-0.1, -0.05) is 68.4 Å². The molecule has 6 aromatic rings. The summed E-state index contributed by atoms with van der Waals surface area (Å²) in [6.07, 6.45) is 0. The Bertz CT molecular complexity index is 1650. The largest absolute Gasteiger partial charge is 0.353 e. The van der Waals surface area contributed by atoms with Crippen molar-refractivity contribution in [2.24, 2.45) is 0 Å². The molecule has 0 saturated heterocycles. The van der Waals surface area contributed by atoms with Crippen molar-refractivity contribution >= 4 is 43.4 Å². The van der Waals surface area contributed by atoms with Crippen LogP contribution in [0.25, 0.3) is 53.7 Å². The Hall–Kier alpha value is -3.43. The van der Waals surface area contributed by atoms with Gasteiger partial charge in [0.15, 0.2) is 0 Å². The van der Waals surface area contributed by atoms with E-state index < -0.39 is 0 Å². The number of nitrogens with zero attached hydrogens (tertiary/aromatic N) is 1. The van der Waals surface area contributed by atoms with Crippen molar-refractivity contribution in [3.63, 3.8) is 0 Å². The molecule has 0 aliphatic heterocycles. The Balaban J connectivity index is 1.52. The minimum atomic E-state index is 0.0116. The molecule has 0 radical (unpaired) electrons. The third kappa shape index (κ3) is 2.24. The van der Waals surface area contributed by atoms with Gasteiger partial charge in [-0.15, -0.1) is 11.3 Å². The maximum Gasteiger partial charge on any atom is 0.124 e. The first-order valence-corrected chi connectivity index (χ1v) is 11.5. The maximum absolute atomic E-state index is 4.92. The molecule has 4 aromatic carbocycles. The van der Waals surface area contributed by atoms with Gasteiger partial charge in [0.25, 0.3) is 0 Å². The molecular weight excluding hydrogens is 396 g/mol. The second-order valence-corrected chi connectivity index (χ2v) is 9.96. The number of aromatic nitrogens is 2. The van der Waals surface area contributed by atoms with Gasteiger partial charge in [-0.25, -0.2) is 4.98 Å². The van der Waals surface area contributed by atoms with E-state index in [1.165, 1.54) is 54.3 Å². The van der Waals surface area contributed by atoms with Crippen molar-refractivity contribution in [3.05, 3.63) is 90.0 Å². The Labute approximate surface area is 184 Å². The van der Waals surface area contributed by atoms with E-state index in [2.05, 4.69) is 91.6 Å². The van der Waals surface area contributed by atoms with E-state index in [4.69, 9.17) is 4.98 Å². The molecule has 2 heterocycles. The Morgan fingerprint density at radius 2 is 1.58 bits per heavy atom. The minimum absolute atomic E-state index is 0.0116. The molecule has 0 bridgehead atoms. The first-order valence-electron chi connectivity index (χ1n) is 10.7. The fraction of sp³-hybridized carbons (Fsp3) is 0.107. The van der Waals surface area contributed by atoms with Crippen molar-refractivity contribution in [1.82, 2.24) is 9.97 Å². The van der Waals surface area contributed by atoms with Gasteiger partial charge >= 0.3 is 0 Å². The van der Waals surface area contributed by atoms with Gasteiger partial charge in [-0.05, 0) is 46.5 Å². The highest BCUT2D eigenvalue weighted by atomic mass is 32.1. The van der Waals surface area contributed by atoms with Crippen molar-refractivity contribution in [3.8, 4) is 21.7 Å². The first-order chi connectivity index (χ1) is 15.1. The van der Waals surface area contributed by atoms with Crippen LogP contribution in [0.15, 0.2) is 78.9 Å². The number of aromatic amines is 1. The van der Waals surface area contributed by atoms with Gasteiger partial charge in [0.05, 0.1) is 15.7 Å². The van der Waals surface area contributed by atoms with E-state index in [0.29, 0.717) is 0 Å². The van der Waals surface area contributed by atoms with E-state index in [-0.39, 0.29) is 5.41 Å². The molecule has 0 fully saturated rings. The number of hydrogen-bond donors (Lipinski definition) is 1. The third-order valence-corrected chi connectivity index (χ3v) is 7.99. The molecule has 0 unspecified atom stereocenters. The average molecular weight is 417 g/mol. The molecule has 7 rings (SSSR count). The van der Waals surface area contributed by atoms with E-state index in [0.717, 1.165) is 10.5 Å². The highest BCUT2D eigenvalue weighted by Gasteiger charge is 2.35. The molecule has 1 N–H and O–H groups in total. The summed E-state index contributed by atoms with van der Waals surface area (Å²) in [6, 6.07) is 28.4. The zero-order valence-corrected chi connectivity index (χ0v) is 18.2. The van der Waals surface area contributed by atoms with Crippen LogP contribution >= 0.6 is 11.3 Å². The summed E-state index contributed by atoms with van der Waals surface area (Å²) >= 11 is 1.77. The molecule has 0 saturated carbocycles. The second kappa shape index (κ2) is 5.83. The normalized spacial score (nSPS) is 14.4. The minimum Gasteiger partial charge on any atom is -0.353 e. The molecule has 2 aromatic heterocycles. The summed E-state index contributed by atoms with van der Waals surface area (Å²) in [5, 5.41) is 3.63. The van der Waals surface area contributed by atoms with Crippen LogP contribution in [0.2, 0.25) is 0 Å². The molecule has 31 heavy (non-hydrogen) atoms. The van der Waals surface area contributed by atoms with Crippen LogP contribution in [-0.4, -0.2) is 9.97 Å². The lowest BCUT2D eigenvalue weighted by molar-refractivity contribution is 0.661. The number of thiazole rings is 1. The van der Waals surface area contributed by atoms with Gasteiger partial charge in [-0.3, -0.25) is 0 Å². The Kier molecular flexibility index (Phi) is 3.25. The van der Waals surface area contributed by atoms with E-state index in [9.17, 15) is 0 Å². The van der Waals surface area contributed by atoms with Crippen LogP contribution < -0.4 is 0 Å². The molecule has 1 aliphatic carbocycles. The highest BCUT2D eigenvalue weighted by Crippen LogP contribution is 2.50. The van der Waals surface area contributed by atoms with Gasteiger partial charge in [-0.2, -0.15) is 0 Å². The van der Waals surface area contributed by atoms with E-state index >= 15 is 0 Å². The highest BCUT2D eigenvalue weighted by molar-refractivity contribution is 7.22. The number of fused-ring (bicyclic) bond motifs is 8. The molecule has 0 amide bonds. The summed E-state index contributed by atoms with van der Waals surface area (Å²) in [4.78, 5) is 8.67. The summed E-state index contributed by atoms with van der Waals surface area (Å²) in [5.74, 6) is 0. The van der Waals surface area contributed by atoms with Crippen LogP contribution in [-0.2, 0) is 5.41 Å². The van der Waals surface area contributed by atoms with Gasteiger partial charge in [0, 0.05) is 27.3 Å². The quantitative estimate of drug-likeness (QED) is 0.290. The fourth-order valence-electron chi connectivity index (χ4n) is 5.25. The predicted octanol–water partition coefficient (Wildman–Crippen LogP) is 7.90. The lowest BCUT2D eigenvalue weighted by atomic mass is 9.82. The van der Waals surface area contributed by atoms with Crippen LogP contribution in [0.5, 0.6) is 0 Å². The van der Waals surface area contributed by atoms with Gasteiger partial charge < -0.3 is 4.98 Å². The van der Waals surface area contributed by atoms with Crippen molar-refractivity contribution < 1.29 is 0 Å². The molecule has 3 heteroatoms. The van der Waals surface area contributed by atoms with Crippen LogP contribution in [0.4, 0.5) is 0 Å². The average Bonchev–Trinajstić information content (AvgIpc) is 3.45. The monoisotopic (exact) mass is 416 g/mol. The topological polar surface area (TPSA) is 28.7 Å². The van der Waals surface area contributed by atoms with E-state index in [1.54, 1.807) is 11.3 Å². The zero-order valence-electron chi connectivity index (χ0n) is 17.4. The number of hydrogen-bond acceptors (Lipinski definition) is 2. The molecular formula is C28H20N2S. The summed E-state index contributed by atoms with van der Waals surface area (Å²) in [6.45, 7) is 4.67. The van der Waals surface area contributed by atoms with Crippen molar-refractivity contribution in [2.45, 2.75) is 19.3 Å². The second-order valence-electron chi connectivity index (χ2n) is 8.96. The molecule has 2 nitrogen and oxygen atoms in total. The Morgan fingerprint density at radius 3 is 2.45 bits per heavy atom. The standard InChI is InChI=1S/C28H20N2S/c1-28(2)21-11-7-6-10-17(21)19-14-20-18-12-13-23-26(25(18)29-24(20)15-22(19)28)31-27(30-23)16-8-4-3-5-9-16/h3-15,29H,1-2H3. The summed E-state index contributed by atoms with van der Waals surface area (Å²) in [7, 11) is 0. The van der Waals surface area contributed by atoms with Crippen molar-refractivity contribution in [1.29, 1.82) is 0 Å². The van der Waals surface area contributed by atoms with Crippen molar-refractivity contribution in [2.75, 3.05) is 0 Å². The number of H-pyrrole nitrogens is 1. The zero-order chi connectivity index (χ0) is 20.7. The van der Waals surface area contributed by atoms with Crippen LogP contribution in [0, 0.1) is 0 Å². The first kappa shape index (κ1) is 17.3. The SMILES string of the molecule is CC1(C)c2ccccc2-c2cc3c(cc21)[nH]c1c3ccc2nc(-c3ccccc3)sc21. The van der Waals surface area contributed by atoms with Gasteiger partial charge in [0.2, 0.25) is 0 Å². The number of rotatable bonds is 1. The molecule has 0 atom stereocenters. The molecule has 1 aliphatic rings. The van der Waals surface area contributed by atoms with Crippen LogP contribution in [0.1, 0.15) is 25.0 Å². The predicted molar refractivity (Wildman–Crippen MR) is 132 cm³/mol. The van der Waals surface area contributed by atoms with Gasteiger partial charge in [0.1, 0.15) is 5.01 Å². The van der Waals surface area contributed by atoms with Crippen LogP contribution in [0.3, 0.4) is 0 Å². The lowest BCUT2D eigenvalue weighted by Gasteiger charge is -2.21. The summed E-state index contributed by atoms with van der Waals surface area (Å²) in [5.41, 5.74) is 10.2. The molecule has 0 spiro atoms. The lowest BCUT2D eigenvalue weighted by Crippen LogP contribution is -2.14. The summed E-state index contributed by atoms with van der Waals surface area (Å²) < 4.78 is 1.23. The third-order valence-electron chi connectivity index (χ3n) is 6.85. The Morgan fingerprint density at radius 1 is 0.774 bits per heavy atom. The maximum atomic E-state index is 4.92.